The highest BCUT2D eigenvalue weighted by molar-refractivity contribution is 6.30. The Balaban J connectivity index is 1.50. The fourth-order valence-corrected chi connectivity index (χ4v) is 3.43. The molecule has 1 amide bonds. The van der Waals surface area contributed by atoms with Crippen LogP contribution in [0.25, 0.3) is 11.3 Å². The highest BCUT2D eigenvalue weighted by Crippen LogP contribution is 2.28. The lowest BCUT2D eigenvalue weighted by molar-refractivity contribution is 0.174. The van der Waals surface area contributed by atoms with Crippen LogP contribution in [-0.2, 0) is 11.2 Å². The molecule has 156 valence electrons. The molecule has 3 aromatic rings. The predicted octanol–water partition coefficient (Wildman–Crippen LogP) is 4.81. The van der Waals surface area contributed by atoms with Gasteiger partial charge >= 0.3 is 6.09 Å². The zero-order chi connectivity index (χ0) is 21.3. The van der Waals surface area contributed by atoms with Gasteiger partial charge in [0.25, 0.3) is 0 Å². The number of rotatable bonds is 6. The van der Waals surface area contributed by atoms with Crippen LogP contribution in [-0.4, -0.2) is 40.0 Å². The second kappa shape index (κ2) is 8.39. The van der Waals surface area contributed by atoms with Crippen molar-refractivity contribution in [2.45, 2.75) is 38.4 Å². The molecule has 9 heteroatoms. The van der Waals surface area contributed by atoms with Gasteiger partial charge in [-0.15, -0.1) is 0 Å². The van der Waals surface area contributed by atoms with Gasteiger partial charge in [-0.05, 0) is 37.3 Å². The summed E-state index contributed by atoms with van der Waals surface area (Å²) in [5, 5.41) is 4.81. The number of carbonyl (C=O) groups is 1. The fraction of sp³-hybridized carbons (Fsp3) is 0.333. The first-order valence-corrected chi connectivity index (χ1v) is 9.94. The molecule has 0 aliphatic carbocycles. The van der Waals surface area contributed by atoms with E-state index in [1.807, 2.05) is 25.1 Å². The molecule has 1 aromatic carbocycles. The number of nitrogens with zero attached hydrogens (tertiary/aromatic N) is 4. The van der Waals surface area contributed by atoms with Crippen LogP contribution in [0.5, 0.6) is 0 Å². The van der Waals surface area contributed by atoms with Crippen LogP contribution in [0, 0.1) is 0 Å². The van der Waals surface area contributed by atoms with E-state index in [0.717, 1.165) is 11.3 Å². The molecule has 0 bridgehead atoms. The van der Waals surface area contributed by atoms with Crippen molar-refractivity contribution in [3.05, 3.63) is 59.1 Å². The molecule has 3 atom stereocenters. The molecule has 0 spiro atoms. The lowest BCUT2D eigenvalue weighted by Gasteiger charge is -2.21. The van der Waals surface area contributed by atoms with Gasteiger partial charge in [-0.2, -0.15) is 0 Å². The van der Waals surface area contributed by atoms with Crippen molar-refractivity contribution < 1.29 is 18.4 Å². The van der Waals surface area contributed by atoms with Gasteiger partial charge in [0.05, 0.1) is 5.69 Å². The number of amides is 1. The van der Waals surface area contributed by atoms with E-state index in [2.05, 4.69) is 15.1 Å². The van der Waals surface area contributed by atoms with Gasteiger partial charge < -0.3 is 9.26 Å². The number of hydrogen-bond donors (Lipinski definition) is 0. The average molecular weight is 431 g/mol. The molecule has 7 nitrogen and oxygen atoms in total. The SMILES string of the molecule is C[C@H](Cc1nccc(N2C(=O)OC[C@@H]2[C@@H](C)F)n1)c1cc(-c2ccc(Cl)cc2)on1. The van der Waals surface area contributed by atoms with Crippen molar-refractivity contribution in [3.8, 4) is 11.3 Å². The van der Waals surface area contributed by atoms with E-state index >= 15 is 0 Å². The van der Waals surface area contributed by atoms with Crippen LogP contribution in [0.3, 0.4) is 0 Å². The van der Waals surface area contributed by atoms with E-state index in [0.29, 0.717) is 28.8 Å². The zero-order valence-corrected chi connectivity index (χ0v) is 17.2. The molecule has 0 radical (unpaired) electrons. The summed E-state index contributed by atoms with van der Waals surface area (Å²) < 4.78 is 24.3. The van der Waals surface area contributed by atoms with Crippen LogP contribution >= 0.6 is 11.6 Å². The van der Waals surface area contributed by atoms with Gasteiger partial charge in [0.2, 0.25) is 0 Å². The lowest BCUT2D eigenvalue weighted by atomic mass is 10.0. The van der Waals surface area contributed by atoms with Crippen molar-refractivity contribution in [3.63, 3.8) is 0 Å². The summed E-state index contributed by atoms with van der Waals surface area (Å²) in [7, 11) is 0. The topological polar surface area (TPSA) is 81.4 Å². The van der Waals surface area contributed by atoms with E-state index in [1.54, 1.807) is 24.4 Å². The predicted molar refractivity (Wildman–Crippen MR) is 109 cm³/mol. The Bertz CT molecular complexity index is 1040. The molecule has 0 saturated carbocycles. The van der Waals surface area contributed by atoms with Gasteiger partial charge in [-0.25, -0.2) is 19.2 Å². The molecular weight excluding hydrogens is 411 g/mol. The highest BCUT2D eigenvalue weighted by atomic mass is 35.5. The Morgan fingerprint density at radius 2 is 2.03 bits per heavy atom. The second-order valence-electron chi connectivity index (χ2n) is 7.25. The molecule has 1 fully saturated rings. The number of halogens is 2. The van der Waals surface area contributed by atoms with Gasteiger partial charge in [0.1, 0.15) is 30.5 Å². The first-order chi connectivity index (χ1) is 14.4. The van der Waals surface area contributed by atoms with Gasteiger partial charge in [-0.1, -0.05) is 23.7 Å². The maximum atomic E-state index is 13.9. The lowest BCUT2D eigenvalue weighted by Crippen LogP contribution is -2.39. The summed E-state index contributed by atoms with van der Waals surface area (Å²) >= 11 is 5.93. The molecule has 1 aliphatic rings. The van der Waals surface area contributed by atoms with Crippen molar-refractivity contribution in [2.75, 3.05) is 11.5 Å². The van der Waals surface area contributed by atoms with Gasteiger partial charge in [-0.3, -0.25) is 4.90 Å². The minimum atomic E-state index is -1.24. The Morgan fingerprint density at radius 1 is 1.27 bits per heavy atom. The van der Waals surface area contributed by atoms with Crippen LogP contribution in [0.15, 0.2) is 47.1 Å². The number of hydrogen-bond acceptors (Lipinski definition) is 6. The molecule has 2 aromatic heterocycles. The molecule has 0 unspecified atom stereocenters. The minimum absolute atomic E-state index is 0.00134. The molecule has 0 N–H and O–H groups in total. The molecule has 1 aliphatic heterocycles. The summed E-state index contributed by atoms with van der Waals surface area (Å²) in [6.07, 6.45) is 0.179. The number of ether oxygens (including phenoxy) is 1. The second-order valence-corrected chi connectivity index (χ2v) is 7.69. The van der Waals surface area contributed by atoms with Crippen molar-refractivity contribution >= 4 is 23.5 Å². The largest absolute Gasteiger partial charge is 0.447 e. The highest BCUT2D eigenvalue weighted by Gasteiger charge is 2.39. The van der Waals surface area contributed by atoms with Crippen molar-refractivity contribution in [1.29, 1.82) is 0 Å². The van der Waals surface area contributed by atoms with Crippen molar-refractivity contribution in [2.24, 2.45) is 0 Å². The van der Waals surface area contributed by atoms with E-state index in [1.165, 1.54) is 11.8 Å². The number of benzene rings is 1. The fourth-order valence-electron chi connectivity index (χ4n) is 3.31. The normalized spacial score (nSPS) is 18.3. The molecule has 4 rings (SSSR count). The molecular formula is C21H20ClFN4O3. The van der Waals surface area contributed by atoms with Gasteiger partial charge in [0, 0.05) is 35.2 Å². The number of alkyl halides is 1. The molecule has 3 heterocycles. The zero-order valence-electron chi connectivity index (χ0n) is 16.5. The monoisotopic (exact) mass is 430 g/mol. The number of anilines is 1. The Hall–Kier alpha value is -3.00. The number of aromatic nitrogens is 3. The van der Waals surface area contributed by atoms with Crippen LogP contribution < -0.4 is 4.90 Å². The third kappa shape index (κ3) is 4.14. The van der Waals surface area contributed by atoms with E-state index in [4.69, 9.17) is 20.9 Å². The standard InChI is InChI=1S/C21H20ClFN4O3/c1-12(16-10-18(30-26-16)14-3-5-15(22)6-4-14)9-19-24-8-7-20(25-19)27-17(13(2)23)11-29-21(27)28/h3-8,10,12-13,17H,9,11H2,1-2H3/t12-,13-,17-/m1/s1. The Kier molecular flexibility index (Phi) is 5.67. The van der Waals surface area contributed by atoms with Crippen molar-refractivity contribution in [1.82, 2.24) is 15.1 Å². The summed E-state index contributed by atoms with van der Waals surface area (Å²) in [5.74, 6) is 1.45. The first-order valence-electron chi connectivity index (χ1n) is 9.57. The van der Waals surface area contributed by atoms with Gasteiger partial charge in [0.15, 0.2) is 5.76 Å². The minimum Gasteiger partial charge on any atom is -0.447 e. The molecule has 30 heavy (non-hydrogen) atoms. The Labute approximate surface area is 177 Å². The maximum absolute atomic E-state index is 13.9. The maximum Gasteiger partial charge on any atom is 0.416 e. The summed E-state index contributed by atoms with van der Waals surface area (Å²) in [5.41, 5.74) is 1.63. The number of cyclic esters (lactones) is 1. The summed E-state index contributed by atoms with van der Waals surface area (Å²) in [4.78, 5) is 22.0. The third-order valence-electron chi connectivity index (χ3n) is 5.02. The first kappa shape index (κ1) is 20.3. The van der Waals surface area contributed by atoms with Crippen LogP contribution in [0.1, 0.15) is 31.3 Å². The third-order valence-corrected chi connectivity index (χ3v) is 5.28. The average Bonchev–Trinajstić information content (AvgIpc) is 3.36. The summed E-state index contributed by atoms with van der Waals surface area (Å²) in [6.45, 7) is 3.38. The van der Waals surface area contributed by atoms with E-state index < -0.39 is 18.3 Å². The molecule has 1 saturated heterocycles. The van der Waals surface area contributed by atoms with Crippen LogP contribution in [0.2, 0.25) is 5.02 Å². The number of carbonyl (C=O) groups excluding carboxylic acids is 1. The smallest absolute Gasteiger partial charge is 0.416 e. The quantitative estimate of drug-likeness (QED) is 0.558. The van der Waals surface area contributed by atoms with E-state index in [-0.39, 0.29) is 12.5 Å². The summed E-state index contributed by atoms with van der Waals surface area (Å²) in [6, 6.07) is 10.0. The van der Waals surface area contributed by atoms with Crippen LogP contribution in [0.4, 0.5) is 15.0 Å². The Morgan fingerprint density at radius 3 is 2.77 bits per heavy atom. The van der Waals surface area contributed by atoms with E-state index in [9.17, 15) is 9.18 Å².